The number of halogens is 1. The van der Waals surface area contributed by atoms with Crippen LogP contribution in [0.2, 0.25) is 0 Å². The van der Waals surface area contributed by atoms with Crippen LogP contribution in [0.4, 0.5) is 4.39 Å². The highest BCUT2D eigenvalue weighted by molar-refractivity contribution is 5.71. The van der Waals surface area contributed by atoms with Crippen LogP contribution in [0.25, 0.3) is 22.7 Å². The molecule has 0 aliphatic heterocycles. The molecule has 8 nitrogen and oxygen atoms in total. The molecule has 1 unspecified atom stereocenters. The maximum absolute atomic E-state index is 14.2. The van der Waals surface area contributed by atoms with E-state index < -0.39 is 12.3 Å². The highest BCUT2D eigenvalue weighted by atomic mass is 19.1. The van der Waals surface area contributed by atoms with E-state index >= 15 is 0 Å². The summed E-state index contributed by atoms with van der Waals surface area (Å²) >= 11 is 0. The number of phenols is 1. The first-order valence-electron chi connectivity index (χ1n) is 9.10. The number of rotatable bonds is 4. The van der Waals surface area contributed by atoms with Crippen molar-refractivity contribution < 1.29 is 18.7 Å². The number of aromatic nitrogens is 4. The lowest BCUT2D eigenvalue weighted by Crippen LogP contribution is -2.33. The minimum Gasteiger partial charge on any atom is -0.507 e. The minimum atomic E-state index is -1.07. The summed E-state index contributed by atoms with van der Waals surface area (Å²) in [5, 5.41) is 25.8. The third-order valence-corrected chi connectivity index (χ3v) is 4.79. The summed E-state index contributed by atoms with van der Waals surface area (Å²) in [6.45, 7) is 0. The van der Waals surface area contributed by atoms with Gasteiger partial charge in [0.25, 0.3) is 0 Å². The fourth-order valence-corrected chi connectivity index (χ4v) is 3.31. The predicted molar refractivity (Wildman–Crippen MR) is 98.2 cm³/mol. The third kappa shape index (κ3) is 3.94. The normalized spacial score (nSPS) is 22.6. The Kier molecular flexibility index (Phi) is 5.16. The van der Waals surface area contributed by atoms with Crippen molar-refractivity contribution in [3.8, 4) is 34.3 Å². The second-order valence-electron chi connectivity index (χ2n) is 6.83. The molecule has 0 radical (unpaired) electrons. The lowest BCUT2D eigenvalue weighted by atomic mass is 10.1. The molecule has 1 aliphatic carbocycles. The lowest BCUT2D eigenvalue weighted by molar-refractivity contribution is 0.0856. The molecule has 2 aromatic heterocycles. The molecule has 0 amide bonds. The number of ether oxygens (including phenoxy) is 1. The molecule has 1 fully saturated rings. The summed E-state index contributed by atoms with van der Waals surface area (Å²) in [5.74, 6) is 0.531. The fourth-order valence-electron chi connectivity index (χ4n) is 3.31. The van der Waals surface area contributed by atoms with Crippen molar-refractivity contribution in [2.45, 2.75) is 44.0 Å². The SMILES string of the molecule is NC1CCC[C@@H](F)[C@@H](Oc2ccc(-c3ccc(-c4nnco4)cc3O)nn2)C1. The van der Waals surface area contributed by atoms with Crippen molar-refractivity contribution in [2.24, 2.45) is 5.73 Å². The van der Waals surface area contributed by atoms with Crippen LogP contribution in [0.15, 0.2) is 41.1 Å². The van der Waals surface area contributed by atoms with E-state index in [9.17, 15) is 9.50 Å². The number of aromatic hydroxyl groups is 1. The standard InChI is InChI=1S/C19H20FN5O3/c20-14-3-1-2-12(21)9-17(14)28-18-7-6-15(23-24-18)13-5-4-11(8-16(13)26)19-25-22-10-27-19/h4-8,10,12,14,17,26H,1-3,9,21H2/t12?,14-,17+/m1/s1. The Balaban J connectivity index is 1.50. The van der Waals surface area contributed by atoms with Crippen LogP contribution in [-0.4, -0.2) is 43.8 Å². The summed E-state index contributed by atoms with van der Waals surface area (Å²) in [4.78, 5) is 0. The first kappa shape index (κ1) is 18.3. The Morgan fingerprint density at radius 1 is 1.14 bits per heavy atom. The van der Waals surface area contributed by atoms with Gasteiger partial charge in [-0.2, -0.15) is 0 Å². The average molecular weight is 385 g/mol. The zero-order chi connectivity index (χ0) is 19.5. The molecule has 0 saturated heterocycles. The molecular formula is C19H20FN5O3. The van der Waals surface area contributed by atoms with E-state index in [0.29, 0.717) is 35.6 Å². The molecule has 1 aromatic carbocycles. The molecule has 146 valence electrons. The van der Waals surface area contributed by atoms with Gasteiger partial charge in [-0.25, -0.2) is 4.39 Å². The van der Waals surface area contributed by atoms with Gasteiger partial charge in [-0.05, 0) is 43.5 Å². The molecule has 3 aromatic rings. The molecule has 2 heterocycles. The minimum absolute atomic E-state index is 0.00256. The maximum Gasteiger partial charge on any atom is 0.247 e. The van der Waals surface area contributed by atoms with Crippen molar-refractivity contribution in [1.82, 2.24) is 20.4 Å². The number of benzene rings is 1. The maximum atomic E-state index is 14.2. The van der Waals surface area contributed by atoms with Crippen molar-refractivity contribution in [1.29, 1.82) is 0 Å². The molecule has 3 atom stereocenters. The summed E-state index contributed by atoms with van der Waals surface area (Å²) in [6, 6.07) is 8.11. The van der Waals surface area contributed by atoms with Gasteiger partial charge < -0.3 is 20.0 Å². The smallest absolute Gasteiger partial charge is 0.247 e. The first-order chi connectivity index (χ1) is 13.6. The van der Waals surface area contributed by atoms with E-state index in [2.05, 4.69) is 20.4 Å². The van der Waals surface area contributed by atoms with Crippen molar-refractivity contribution in [3.63, 3.8) is 0 Å². The first-order valence-corrected chi connectivity index (χ1v) is 9.10. The number of hydrogen-bond acceptors (Lipinski definition) is 8. The number of phenolic OH excluding ortho intramolecular Hbond substituents is 1. The molecule has 0 bridgehead atoms. The fraction of sp³-hybridized carbons (Fsp3) is 0.368. The molecular weight excluding hydrogens is 365 g/mol. The highest BCUT2D eigenvalue weighted by Gasteiger charge is 2.28. The van der Waals surface area contributed by atoms with E-state index in [1.165, 1.54) is 12.5 Å². The molecule has 9 heteroatoms. The highest BCUT2D eigenvalue weighted by Crippen LogP contribution is 2.32. The summed E-state index contributed by atoms with van der Waals surface area (Å²) in [6.07, 6.45) is 1.95. The van der Waals surface area contributed by atoms with Crippen LogP contribution in [0.3, 0.4) is 0 Å². The summed E-state index contributed by atoms with van der Waals surface area (Å²) in [7, 11) is 0. The van der Waals surface area contributed by atoms with Crippen LogP contribution >= 0.6 is 0 Å². The van der Waals surface area contributed by atoms with Gasteiger partial charge in [0.05, 0.1) is 5.69 Å². The van der Waals surface area contributed by atoms with Gasteiger partial charge in [-0.3, -0.25) is 0 Å². The van der Waals surface area contributed by atoms with E-state index in [1.807, 2.05) is 0 Å². The van der Waals surface area contributed by atoms with E-state index in [0.717, 1.165) is 12.8 Å². The van der Waals surface area contributed by atoms with E-state index in [-0.39, 0.29) is 17.7 Å². The van der Waals surface area contributed by atoms with Crippen LogP contribution in [-0.2, 0) is 0 Å². The Morgan fingerprint density at radius 2 is 2.04 bits per heavy atom. The molecule has 28 heavy (non-hydrogen) atoms. The second kappa shape index (κ2) is 7.89. The van der Waals surface area contributed by atoms with Crippen molar-refractivity contribution in [3.05, 3.63) is 36.7 Å². The van der Waals surface area contributed by atoms with Gasteiger partial charge in [0.1, 0.15) is 18.0 Å². The monoisotopic (exact) mass is 385 g/mol. The molecule has 0 spiro atoms. The second-order valence-corrected chi connectivity index (χ2v) is 6.83. The van der Waals surface area contributed by atoms with Gasteiger partial charge in [0, 0.05) is 29.7 Å². The lowest BCUT2D eigenvalue weighted by Gasteiger charge is -2.21. The summed E-state index contributed by atoms with van der Waals surface area (Å²) in [5.41, 5.74) is 7.51. The quantitative estimate of drug-likeness (QED) is 0.658. The Morgan fingerprint density at radius 3 is 2.75 bits per heavy atom. The van der Waals surface area contributed by atoms with Crippen LogP contribution < -0.4 is 10.5 Å². The van der Waals surface area contributed by atoms with Crippen molar-refractivity contribution >= 4 is 0 Å². The number of nitrogens with zero attached hydrogens (tertiary/aromatic N) is 4. The number of alkyl halides is 1. The zero-order valence-electron chi connectivity index (χ0n) is 15.0. The van der Waals surface area contributed by atoms with Crippen LogP contribution in [0, 0.1) is 0 Å². The predicted octanol–water partition coefficient (Wildman–Crippen LogP) is 2.89. The van der Waals surface area contributed by atoms with Crippen molar-refractivity contribution in [2.75, 3.05) is 0 Å². The van der Waals surface area contributed by atoms with Gasteiger partial charge in [0.2, 0.25) is 18.2 Å². The molecule has 3 N–H and O–H groups in total. The molecule has 1 saturated carbocycles. The summed E-state index contributed by atoms with van der Waals surface area (Å²) < 4.78 is 25.0. The molecule has 4 rings (SSSR count). The Bertz CT molecular complexity index is 920. The Hall–Kier alpha value is -3.07. The van der Waals surface area contributed by atoms with Gasteiger partial charge in [-0.1, -0.05) is 0 Å². The Labute approximate surface area is 160 Å². The topological polar surface area (TPSA) is 120 Å². The largest absolute Gasteiger partial charge is 0.507 e. The zero-order valence-corrected chi connectivity index (χ0v) is 15.0. The van der Waals surface area contributed by atoms with E-state index in [4.69, 9.17) is 14.9 Å². The number of hydrogen-bond donors (Lipinski definition) is 2. The van der Waals surface area contributed by atoms with Crippen LogP contribution in [0.5, 0.6) is 11.6 Å². The molecule has 1 aliphatic rings. The van der Waals surface area contributed by atoms with Gasteiger partial charge in [-0.15, -0.1) is 20.4 Å². The van der Waals surface area contributed by atoms with Crippen LogP contribution in [0.1, 0.15) is 25.7 Å². The number of nitrogens with two attached hydrogens (primary N) is 1. The van der Waals surface area contributed by atoms with E-state index in [1.54, 1.807) is 24.3 Å². The average Bonchev–Trinajstić information content (AvgIpc) is 3.18. The van der Waals surface area contributed by atoms with Gasteiger partial charge in [0.15, 0.2) is 0 Å². The van der Waals surface area contributed by atoms with Gasteiger partial charge >= 0.3 is 0 Å². The third-order valence-electron chi connectivity index (χ3n) is 4.79.